The number of likely N-dealkylation sites (N-methyl/N-ethyl adjacent to an activating group) is 1. The summed E-state index contributed by atoms with van der Waals surface area (Å²) in [6.45, 7) is 0.619. The molecule has 0 aliphatic carbocycles. The van der Waals surface area contributed by atoms with Crippen molar-refractivity contribution >= 4 is 21.8 Å². The van der Waals surface area contributed by atoms with Crippen LogP contribution in [0.5, 0.6) is 0 Å². The lowest BCUT2D eigenvalue weighted by Gasteiger charge is -2.17. The third kappa shape index (κ3) is 4.80. The van der Waals surface area contributed by atoms with Gasteiger partial charge in [-0.25, -0.2) is 0 Å². The van der Waals surface area contributed by atoms with Gasteiger partial charge in [-0.2, -0.15) is 0 Å². The molecule has 0 spiro atoms. The fraction of sp³-hybridized carbons (Fsp3) is 0.136. The Labute approximate surface area is 157 Å². The Morgan fingerprint density at radius 3 is 2.00 bits per heavy atom. The van der Waals surface area contributed by atoms with E-state index >= 15 is 0 Å². The van der Waals surface area contributed by atoms with E-state index in [-0.39, 0.29) is 5.91 Å². The van der Waals surface area contributed by atoms with Crippen LogP contribution < -0.4 is 0 Å². The number of nitrogens with zero attached hydrogens (tertiary/aromatic N) is 1. The number of halogens is 1. The van der Waals surface area contributed by atoms with Gasteiger partial charge < -0.3 is 4.90 Å². The van der Waals surface area contributed by atoms with Gasteiger partial charge in [0.15, 0.2) is 0 Å². The molecule has 0 fully saturated rings. The highest BCUT2D eigenvalue weighted by Crippen LogP contribution is 2.19. The quantitative estimate of drug-likeness (QED) is 0.574. The first-order valence-corrected chi connectivity index (χ1v) is 9.04. The topological polar surface area (TPSA) is 20.3 Å². The molecular weight excluding hydrogens is 374 g/mol. The van der Waals surface area contributed by atoms with Crippen molar-refractivity contribution in [2.75, 3.05) is 7.05 Å². The minimum absolute atomic E-state index is 0.121. The molecule has 2 nitrogen and oxygen atoms in total. The third-order valence-electron chi connectivity index (χ3n) is 4.18. The molecule has 3 heteroatoms. The molecule has 0 aliphatic rings. The van der Waals surface area contributed by atoms with Crippen molar-refractivity contribution in [3.63, 3.8) is 0 Å². The summed E-state index contributed by atoms with van der Waals surface area (Å²) in [5.74, 6) is 0.121. The van der Waals surface area contributed by atoms with Crippen LogP contribution in [0.2, 0.25) is 0 Å². The lowest BCUT2D eigenvalue weighted by atomic mass is 10.0. The molecule has 0 aliphatic heterocycles. The Kier molecular flexibility index (Phi) is 5.67. The summed E-state index contributed by atoms with van der Waals surface area (Å²) >= 11 is 3.43. The van der Waals surface area contributed by atoms with E-state index in [4.69, 9.17) is 0 Å². The van der Waals surface area contributed by atoms with Crippen molar-refractivity contribution in [1.29, 1.82) is 0 Å². The molecule has 0 saturated carbocycles. The monoisotopic (exact) mass is 393 g/mol. The third-order valence-corrected chi connectivity index (χ3v) is 4.70. The fourth-order valence-corrected chi connectivity index (χ4v) is 2.97. The molecule has 25 heavy (non-hydrogen) atoms. The number of carbonyl (C=O) groups excluding carboxylic acids is 1. The summed E-state index contributed by atoms with van der Waals surface area (Å²) in [4.78, 5) is 14.2. The van der Waals surface area contributed by atoms with E-state index in [1.54, 1.807) is 4.90 Å². The first-order chi connectivity index (χ1) is 12.1. The predicted molar refractivity (Wildman–Crippen MR) is 106 cm³/mol. The number of benzene rings is 3. The molecule has 3 rings (SSSR count). The maximum absolute atomic E-state index is 12.5. The predicted octanol–water partition coefficient (Wildman–Crippen LogP) is 5.32. The summed E-state index contributed by atoms with van der Waals surface area (Å²) < 4.78 is 1.05. The number of rotatable bonds is 5. The van der Waals surface area contributed by atoms with Gasteiger partial charge in [0.05, 0.1) is 6.42 Å². The Morgan fingerprint density at radius 1 is 0.800 bits per heavy atom. The highest BCUT2D eigenvalue weighted by molar-refractivity contribution is 9.10. The molecule has 0 unspecified atom stereocenters. The summed E-state index contributed by atoms with van der Waals surface area (Å²) in [6, 6.07) is 26.5. The number of carbonyl (C=O) groups is 1. The number of hydrogen-bond donors (Lipinski definition) is 0. The van der Waals surface area contributed by atoms with E-state index in [2.05, 4.69) is 40.2 Å². The summed E-state index contributed by atoms with van der Waals surface area (Å²) in [5.41, 5.74) is 4.51. The SMILES string of the molecule is CN(Cc1ccc(Br)cc1)C(=O)Cc1ccc(-c2ccccc2)cc1. The normalized spacial score (nSPS) is 10.5. The molecule has 0 aromatic heterocycles. The standard InChI is InChI=1S/C22H20BrNO/c1-24(16-18-9-13-21(23)14-10-18)22(25)15-17-7-11-20(12-8-17)19-5-3-2-4-6-19/h2-14H,15-16H2,1H3. The van der Waals surface area contributed by atoms with Crippen LogP contribution in [0.1, 0.15) is 11.1 Å². The van der Waals surface area contributed by atoms with Crippen LogP contribution >= 0.6 is 15.9 Å². The molecule has 0 N–H and O–H groups in total. The van der Waals surface area contributed by atoms with Crippen LogP contribution in [0.3, 0.4) is 0 Å². The molecule has 1 amide bonds. The van der Waals surface area contributed by atoms with E-state index in [0.717, 1.165) is 15.6 Å². The Bertz CT molecular complexity index is 826. The van der Waals surface area contributed by atoms with Gasteiger partial charge in [-0.05, 0) is 34.4 Å². The smallest absolute Gasteiger partial charge is 0.227 e. The minimum atomic E-state index is 0.121. The van der Waals surface area contributed by atoms with E-state index < -0.39 is 0 Å². The zero-order valence-corrected chi connectivity index (χ0v) is 15.7. The summed E-state index contributed by atoms with van der Waals surface area (Å²) in [5, 5.41) is 0. The van der Waals surface area contributed by atoms with Crippen LogP contribution in [0, 0.1) is 0 Å². The Hall–Kier alpha value is -2.39. The van der Waals surface area contributed by atoms with Crippen molar-refractivity contribution in [3.8, 4) is 11.1 Å². The van der Waals surface area contributed by atoms with Gasteiger partial charge >= 0.3 is 0 Å². The highest BCUT2D eigenvalue weighted by Gasteiger charge is 2.10. The molecule has 3 aromatic rings. The lowest BCUT2D eigenvalue weighted by Crippen LogP contribution is -2.27. The van der Waals surface area contributed by atoms with Gasteiger partial charge in [0, 0.05) is 18.1 Å². The molecule has 126 valence electrons. The van der Waals surface area contributed by atoms with Crippen LogP contribution in [0.4, 0.5) is 0 Å². The molecule has 0 saturated heterocycles. The maximum atomic E-state index is 12.5. The van der Waals surface area contributed by atoms with Crippen molar-refractivity contribution in [2.45, 2.75) is 13.0 Å². The first kappa shape index (κ1) is 17.4. The first-order valence-electron chi connectivity index (χ1n) is 8.24. The zero-order chi connectivity index (χ0) is 17.6. The van der Waals surface area contributed by atoms with Crippen molar-refractivity contribution in [2.24, 2.45) is 0 Å². The fourth-order valence-electron chi connectivity index (χ4n) is 2.71. The second-order valence-electron chi connectivity index (χ2n) is 6.12. The molecular formula is C22H20BrNO. The van der Waals surface area contributed by atoms with Crippen molar-refractivity contribution in [3.05, 3.63) is 94.5 Å². The second-order valence-corrected chi connectivity index (χ2v) is 7.03. The van der Waals surface area contributed by atoms with Crippen LogP contribution in [0.25, 0.3) is 11.1 Å². The maximum Gasteiger partial charge on any atom is 0.227 e. The van der Waals surface area contributed by atoms with Gasteiger partial charge in [-0.3, -0.25) is 4.79 Å². The van der Waals surface area contributed by atoms with Crippen LogP contribution in [-0.4, -0.2) is 17.9 Å². The van der Waals surface area contributed by atoms with Crippen molar-refractivity contribution in [1.82, 2.24) is 4.90 Å². The molecule has 0 radical (unpaired) electrons. The number of hydrogen-bond acceptors (Lipinski definition) is 1. The Balaban J connectivity index is 1.61. The van der Waals surface area contributed by atoms with E-state index in [1.807, 2.05) is 61.6 Å². The van der Waals surface area contributed by atoms with Gasteiger partial charge in [-0.15, -0.1) is 0 Å². The molecule has 0 atom stereocenters. The average molecular weight is 394 g/mol. The van der Waals surface area contributed by atoms with Gasteiger partial charge in [0.1, 0.15) is 0 Å². The van der Waals surface area contributed by atoms with Crippen LogP contribution in [-0.2, 0) is 17.8 Å². The van der Waals surface area contributed by atoms with E-state index in [9.17, 15) is 4.79 Å². The highest BCUT2D eigenvalue weighted by atomic mass is 79.9. The Morgan fingerprint density at radius 2 is 1.36 bits per heavy atom. The zero-order valence-electron chi connectivity index (χ0n) is 14.2. The summed E-state index contributed by atoms with van der Waals surface area (Å²) in [7, 11) is 1.85. The molecule has 0 heterocycles. The van der Waals surface area contributed by atoms with Gasteiger partial charge in [0.25, 0.3) is 0 Å². The molecule has 3 aromatic carbocycles. The molecule has 0 bridgehead atoms. The second kappa shape index (κ2) is 8.13. The van der Waals surface area contributed by atoms with Crippen molar-refractivity contribution < 1.29 is 4.79 Å². The summed E-state index contributed by atoms with van der Waals surface area (Å²) in [6.07, 6.45) is 0.419. The lowest BCUT2D eigenvalue weighted by molar-refractivity contribution is -0.129. The largest absolute Gasteiger partial charge is 0.341 e. The van der Waals surface area contributed by atoms with Gasteiger partial charge in [0.2, 0.25) is 5.91 Å². The average Bonchev–Trinajstić information content (AvgIpc) is 2.65. The van der Waals surface area contributed by atoms with E-state index in [1.165, 1.54) is 11.1 Å². The minimum Gasteiger partial charge on any atom is -0.341 e. The van der Waals surface area contributed by atoms with E-state index in [0.29, 0.717) is 13.0 Å². The van der Waals surface area contributed by atoms with Gasteiger partial charge in [-0.1, -0.05) is 82.7 Å². The number of amides is 1. The van der Waals surface area contributed by atoms with Crippen LogP contribution in [0.15, 0.2) is 83.3 Å².